The molecular weight excluding hydrogens is 444 g/mol. The lowest BCUT2D eigenvalue weighted by molar-refractivity contribution is -0.0264. The maximum absolute atomic E-state index is 12.9. The molecule has 1 aliphatic heterocycles. The van der Waals surface area contributed by atoms with Crippen LogP contribution in [0.25, 0.3) is 11.0 Å². The Hall–Kier alpha value is -3.51. The summed E-state index contributed by atoms with van der Waals surface area (Å²) in [7, 11) is 0. The average molecular weight is 475 g/mol. The third kappa shape index (κ3) is 4.23. The first kappa shape index (κ1) is 23.2. The molecule has 1 aliphatic carbocycles. The van der Waals surface area contributed by atoms with Gasteiger partial charge in [-0.1, -0.05) is 20.8 Å². The summed E-state index contributed by atoms with van der Waals surface area (Å²) in [5.41, 5.74) is 1.89. The SMILES string of the molecule is CC(C)(CO)c1cnc(N2C[C@@]3(CCC[C@](C)(Cn4cnc5ccc(C#N)cc54)C3)OC2=O)cn1. The zero-order valence-electron chi connectivity index (χ0n) is 20.4. The van der Waals surface area contributed by atoms with Gasteiger partial charge in [-0.2, -0.15) is 5.26 Å². The summed E-state index contributed by atoms with van der Waals surface area (Å²) in [6.07, 6.45) is 8.12. The third-order valence-electron chi connectivity index (χ3n) is 7.44. The second kappa shape index (κ2) is 8.31. The minimum atomic E-state index is -0.580. The van der Waals surface area contributed by atoms with Gasteiger partial charge in [-0.15, -0.1) is 0 Å². The van der Waals surface area contributed by atoms with Crippen LogP contribution in [0.15, 0.2) is 36.9 Å². The van der Waals surface area contributed by atoms with Gasteiger partial charge in [0.15, 0.2) is 5.82 Å². The van der Waals surface area contributed by atoms with E-state index in [2.05, 4.69) is 32.5 Å². The minimum absolute atomic E-state index is 0.0432. The number of imidazole rings is 1. The number of fused-ring (bicyclic) bond motifs is 1. The van der Waals surface area contributed by atoms with E-state index in [-0.39, 0.29) is 12.0 Å². The monoisotopic (exact) mass is 474 g/mol. The second-order valence-electron chi connectivity index (χ2n) is 11.0. The molecule has 1 amide bonds. The van der Waals surface area contributed by atoms with Crippen LogP contribution >= 0.6 is 0 Å². The van der Waals surface area contributed by atoms with E-state index >= 15 is 0 Å². The van der Waals surface area contributed by atoms with Crippen molar-refractivity contribution < 1.29 is 14.6 Å². The number of anilines is 1. The van der Waals surface area contributed by atoms with Crippen LogP contribution in [0.2, 0.25) is 0 Å². The molecule has 1 saturated carbocycles. The summed E-state index contributed by atoms with van der Waals surface area (Å²) in [6, 6.07) is 7.73. The lowest BCUT2D eigenvalue weighted by Crippen LogP contribution is -2.45. The highest BCUT2D eigenvalue weighted by atomic mass is 16.6. The molecule has 3 heterocycles. The largest absolute Gasteiger partial charge is 0.441 e. The standard InChI is InChI=1S/C26H30N6O3/c1-24(2,16-33)21-11-29-22(12-28-21)32-15-26(35-23(32)34)8-4-7-25(3,13-26)14-31-17-30-19-6-5-18(10-27)9-20(19)31/h5-6,9,11-12,17,33H,4,7-8,13-16H2,1-3H3/t25-,26-/m0/s1. The Morgan fingerprint density at radius 2 is 2.06 bits per heavy atom. The fourth-order valence-electron chi connectivity index (χ4n) is 5.50. The third-order valence-corrected chi connectivity index (χ3v) is 7.44. The topological polar surface area (TPSA) is 117 Å². The molecule has 2 fully saturated rings. The number of aliphatic hydroxyl groups is 1. The Labute approximate surface area is 204 Å². The molecule has 2 aliphatic rings. The van der Waals surface area contributed by atoms with Gasteiger partial charge in [-0.3, -0.25) is 9.88 Å². The van der Waals surface area contributed by atoms with Crippen molar-refractivity contribution in [3.05, 3.63) is 48.2 Å². The van der Waals surface area contributed by atoms with E-state index in [0.717, 1.165) is 43.3 Å². The highest BCUT2D eigenvalue weighted by molar-refractivity contribution is 5.89. The predicted octanol–water partition coefficient (Wildman–Crippen LogP) is 3.94. The summed E-state index contributed by atoms with van der Waals surface area (Å²) in [4.78, 5) is 27.9. The molecule has 35 heavy (non-hydrogen) atoms. The van der Waals surface area contributed by atoms with E-state index in [1.807, 2.05) is 32.3 Å². The van der Waals surface area contributed by atoms with Crippen LogP contribution in [0.3, 0.4) is 0 Å². The van der Waals surface area contributed by atoms with E-state index in [1.54, 1.807) is 23.4 Å². The number of aliphatic hydroxyl groups excluding tert-OH is 1. The molecule has 1 spiro atoms. The van der Waals surface area contributed by atoms with Crippen LogP contribution in [-0.4, -0.2) is 49.5 Å². The number of ether oxygens (including phenoxy) is 1. The maximum Gasteiger partial charge on any atom is 0.416 e. The van der Waals surface area contributed by atoms with Crippen molar-refractivity contribution in [2.45, 2.75) is 64.0 Å². The van der Waals surface area contributed by atoms with Crippen LogP contribution < -0.4 is 4.90 Å². The molecule has 3 aromatic rings. The fraction of sp³-hybridized carbons (Fsp3) is 0.500. The van der Waals surface area contributed by atoms with E-state index in [4.69, 9.17) is 4.74 Å². The van der Waals surface area contributed by atoms with Crippen molar-refractivity contribution in [1.82, 2.24) is 19.5 Å². The number of hydrogen-bond acceptors (Lipinski definition) is 7. The first-order chi connectivity index (χ1) is 16.7. The minimum Gasteiger partial charge on any atom is -0.441 e. The molecule has 5 rings (SSSR count). The molecule has 2 aromatic heterocycles. The van der Waals surface area contributed by atoms with Gasteiger partial charge in [-0.25, -0.2) is 14.8 Å². The Morgan fingerprint density at radius 3 is 2.77 bits per heavy atom. The number of nitrogens with zero attached hydrogens (tertiary/aromatic N) is 6. The van der Waals surface area contributed by atoms with Crippen molar-refractivity contribution in [2.75, 3.05) is 18.1 Å². The van der Waals surface area contributed by atoms with Gasteiger partial charge < -0.3 is 14.4 Å². The lowest BCUT2D eigenvalue weighted by Gasteiger charge is -2.43. The summed E-state index contributed by atoms with van der Waals surface area (Å²) in [5, 5.41) is 18.9. The highest BCUT2D eigenvalue weighted by Gasteiger charge is 2.52. The average Bonchev–Trinajstić information content (AvgIpc) is 3.38. The fourth-order valence-corrected chi connectivity index (χ4v) is 5.50. The number of rotatable bonds is 5. The smallest absolute Gasteiger partial charge is 0.416 e. The molecule has 0 unspecified atom stereocenters. The summed E-state index contributed by atoms with van der Waals surface area (Å²) in [6.45, 7) is 7.13. The number of hydrogen-bond donors (Lipinski definition) is 1. The normalized spacial score (nSPS) is 24.7. The first-order valence-electron chi connectivity index (χ1n) is 11.9. The Bertz CT molecular complexity index is 1310. The van der Waals surface area contributed by atoms with Crippen molar-refractivity contribution in [3.63, 3.8) is 0 Å². The van der Waals surface area contributed by atoms with Crippen molar-refractivity contribution >= 4 is 22.9 Å². The van der Waals surface area contributed by atoms with E-state index in [0.29, 0.717) is 23.6 Å². The van der Waals surface area contributed by atoms with Crippen molar-refractivity contribution in [3.8, 4) is 6.07 Å². The molecule has 1 saturated heterocycles. The molecule has 2 atom stereocenters. The van der Waals surface area contributed by atoms with Crippen LogP contribution in [0, 0.1) is 16.7 Å². The predicted molar refractivity (Wildman–Crippen MR) is 130 cm³/mol. The lowest BCUT2D eigenvalue weighted by atomic mass is 9.68. The van der Waals surface area contributed by atoms with Gasteiger partial charge in [0.25, 0.3) is 0 Å². The van der Waals surface area contributed by atoms with Gasteiger partial charge in [0.1, 0.15) is 5.60 Å². The van der Waals surface area contributed by atoms with Gasteiger partial charge in [0, 0.05) is 12.0 Å². The Balaban J connectivity index is 1.36. The molecule has 1 aromatic carbocycles. The van der Waals surface area contributed by atoms with Crippen LogP contribution in [-0.2, 0) is 16.7 Å². The Morgan fingerprint density at radius 1 is 1.23 bits per heavy atom. The molecule has 182 valence electrons. The van der Waals surface area contributed by atoms with Crippen LogP contribution in [0.4, 0.5) is 10.6 Å². The number of benzene rings is 1. The van der Waals surface area contributed by atoms with Crippen LogP contribution in [0.5, 0.6) is 0 Å². The number of aromatic nitrogens is 4. The quantitative estimate of drug-likeness (QED) is 0.595. The number of nitriles is 1. The number of carbonyl (C=O) groups is 1. The van der Waals surface area contributed by atoms with Gasteiger partial charge in [0.05, 0.1) is 60.2 Å². The van der Waals surface area contributed by atoms with E-state index in [9.17, 15) is 15.2 Å². The summed E-state index contributed by atoms with van der Waals surface area (Å²) in [5.74, 6) is 0.460. The molecular formula is C26H30N6O3. The molecule has 9 heteroatoms. The maximum atomic E-state index is 12.9. The number of carbonyl (C=O) groups excluding carboxylic acids is 1. The first-order valence-corrected chi connectivity index (χ1v) is 11.9. The van der Waals surface area contributed by atoms with E-state index in [1.165, 1.54) is 0 Å². The summed E-state index contributed by atoms with van der Waals surface area (Å²) < 4.78 is 8.13. The molecule has 1 N–H and O–H groups in total. The second-order valence-corrected chi connectivity index (χ2v) is 11.0. The Kier molecular flexibility index (Phi) is 5.52. The van der Waals surface area contributed by atoms with Gasteiger partial charge in [-0.05, 0) is 49.3 Å². The van der Waals surface area contributed by atoms with E-state index < -0.39 is 17.1 Å². The van der Waals surface area contributed by atoms with Crippen molar-refractivity contribution in [2.24, 2.45) is 5.41 Å². The molecule has 9 nitrogen and oxygen atoms in total. The molecule has 0 radical (unpaired) electrons. The highest BCUT2D eigenvalue weighted by Crippen LogP contribution is 2.47. The van der Waals surface area contributed by atoms with Gasteiger partial charge >= 0.3 is 6.09 Å². The van der Waals surface area contributed by atoms with Crippen LogP contribution in [0.1, 0.15) is 57.7 Å². The summed E-state index contributed by atoms with van der Waals surface area (Å²) >= 11 is 0. The molecule has 0 bridgehead atoms. The van der Waals surface area contributed by atoms with Crippen molar-refractivity contribution in [1.29, 1.82) is 5.26 Å². The van der Waals surface area contributed by atoms with Gasteiger partial charge in [0.2, 0.25) is 0 Å². The zero-order chi connectivity index (χ0) is 24.8. The zero-order valence-corrected chi connectivity index (χ0v) is 20.4. The number of amides is 1.